The van der Waals surface area contributed by atoms with Crippen molar-refractivity contribution in [1.82, 2.24) is 5.32 Å². The smallest absolute Gasteiger partial charge is 0.325 e. The molecule has 0 aromatic carbocycles. The maximum atomic E-state index is 12.3. The number of hydrogen-bond acceptors (Lipinski definition) is 4. The number of aliphatic hydroxyl groups is 1. The van der Waals surface area contributed by atoms with Crippen molar-refractivity contribution in [2.45, 2.75) is 46.5 Å². The van der Waals surface area contributed by atoms with Gasteiger partial charge < -0.3 is 15.2 Å². The van der Waals surface area contributed by atoms with E-state index in [1.807, 2.05) is 0 Å². The van der Waals surface area contributed by atoms with Crippen LogP contribution in [-0.2, 0) is 14.3 Å². The van der Waals surface area contributed by atoms with E-state index in [-0.39, 0.29) is 31.6 Å². The van der Waals surface area contributed by atoms with Crippen molar-refractivity contribution < 1.29 is 19.4 Å². The van der Waals surface area contributed by atoms with Gasteiger partial charge in [0.05, 0.1) is 6.61 Å². The molecule has 3 atom stereocenters. The summed E-state index contributed by atoms with van der Waals surface area (Å²) in [5.41, 5.74) is 0. The number of esters is 1. The molecule has 2 N–H and O–H groups in total. The molecule has 1 saturated carbocycles. The Kier molecular flexibility index (Phi) is 7.72. The second kappa shape index (κ2) is 9.03. The molecular formula is C16H29NO4. The van der Waals surface area contributed by atoms with Gasteiger partial charge in [0.2, 0.25) is 5.91 Å². The summed E-state index contributed by atoms with van der Waals surface area (Å²) in [7, 11) is 0. The van der Waals surface area contributed by atoms with E-state index in [0.29, 0.717) is 24.2 Å². The Morgan fingerprint density at radius 3 is 2.67 bits per heavy atom. The van der Waals surface area contributed by atoms with Crippen LogP contribution in [0.25, 0.3) is 0 Å². The van der Waals surface area contributed by atoms with Crippen LogP contribution in [0.15, 0.2) is 0 Å². The lowest BCUT2D eigenvalue weighted by Crippen LogP contribution is -2.42. The molecule has 0 bridgehead atoms. The maximum absolute atomic E-state index is 12.3. The summed E-state index contributed by atoms with van der Waals surface area (Å²) in [6, 6.07) is 0. The van der Waals surface area contributed by atoms with E-state index in [0.717, 1.165) is 12.8 Å². The maximum Gasteiger partial charge on any atom is 0.325 e. The largest absolute Gasteiger partial charge is 0.464 e. The van der Waals surface area contributed by atoms with Crippen molar-refractivity contribution in [1.29, 1.82) is 0 Å². The molecule has 0 aliphatic heterocycles. The first kappa shape index (κ1) is 18.0. The van der Waals surface area contributed by atoms with Gasteiger partial charge in [-0.2, -0.15) is 0 Å². The summed E-state index contributed by atoms with van der Waals surface area (Å²) >= 11 is 0. The molecule has 5 nitrogen and oxygen atoms in total. The zero-order valence-electron chi connectivity index (χ0n) is 13.4. The number of hydrogen-bond donors (Lipinski definition) is 2. The fourth-order valence-electron chi connectivity index (χ4n) is 3.10. The Balaban J connectivity index is 2.42. The van der Waals surface area contributed by atoms with Gasteiger partial charge in [-0.3, -0.25) is 9.59 Å². The molecule has 1 aliphatic rings. The molecule has 1 fully saturated rings. The fourth-order valence-corrected chi connectivity index (χ4v) is 3.10. The predicted octanol–water partition coefficient (Wildman–Crippen LogP) is 1.74. The highest BCUT2D eigenvalue weighted by Crippen LogP contribution is 2.37. The molecule has 1 rings (SSSR count). The summed E-state index contributed by atoms with van der Waals surface area (Å²) in [4.78, 5) is 23.8. The molecule has 0 aromatic rings. The first-order valence-corrected chi connectivity index (χ1v) is 7.99. The van der Waals surface area contributed by atoms with Crippen LogP contribution in [0.2, 0.25) is 0 Å². The lowest BCUT2D eigenvalue weighted by atomic mass is 9.70. The number of carbonyl (C=O) groups excluding carboxylic acids is 2. The molecule has 0 heterocycles. The van der Waals surface area contributed by atoms with Crippen molar-refractivity contribution in [2.24, 2.45) is 23.7 Å². The zero-order valence-corrected chi connectivity index (χ0v) is 13.4. The summed E-state index contributed by atoms with van der Waals surface area (Å²) in [5, 5.41) is 11.3. The third-order valence-corrected chi connectivity index (χ3v) is 4.33. The van der Waals surface area contributed by atoms with Gasteiger partial charge >= 0.3 is 5.97 Å². The summed E-state index contributed by atoms with van der Waals surface area (Å²) in [6.07, 6.45) is 3.58. The Hall–Kier alpha value is -1.10. The Morgan fingerprint density at radius 1 is 1.33 bits per heavy atom. The van der Waals surface area contributed by atoms with Crippen LogP contribution in [0.5, 0.6) is 0 Å². The molecule has 0 spiro atoms. The monoisotopic (exact) mass is 299 g/mol. The molecule has 21 heavy (non-hydrogen) atoms. The highest BCUT2D eigenvalue weighted by molar-refractivity contribution is 5.83. The molecule has 5 heteroatoms. The molecule has 0 saturated heterocycles. The van der Waals surface area contributed by atoms with Crippen LogP contribution in [0.1, 0.15) is 46.5 Å². The minimum Gasteiger partial charge on any atom is -0.464 e. The third kappa shape index (κ3) is 6.04. The third-order valence-electron chi connectivity index (χ3n) is 4.33. The Morgan fingerprint density at radius 2 is 2.05 bits per heavy atom. The Labute approximate surface area is 127 Å². The first-order valence-electron chi connectivity index (χ1n) is 7.99. The van der Waals surface area contributed by atoms with Gasteiger partial charge in [-0.25, -0.2) is 0 Å². The van der Waals surface area contributed by atoms with Crippen LogP contribution in [0.4, 0.5) is 0 Å². The molecule has 122 valence electrons. The van der Waals surface area contributed by atoms with Crippen LogP contribution >= 0.6 is 0 Å². The van der Waals surface area contributed by atoms with Gasteiger partial charge in [0, 0.05) is 18.9 Å². The van der Waals surface area contributed by atoms with Crippen LogP contribution in [-0.4, -0.2) is 36.7 Å². The standard InChI is InChI=1S/C16H29NO4/c1-11(2)13-6-5-12(3)9-14(13)16(20)17-10-15(19)21-8-4-7-18/h11-14,18H,4-10H2,1-3H3,(H,17,20)/t12-,13+,14-/m1/s1. The highest BCUT2D eigenvalue weighted by Gasteiger charge is 2.35. The number of nitrogens with one attached hydrogen (secondary N) is 1. The molecule has 0 aromatic heterocycles. The summed E-state index contributed by atoms with van der Waals surface area (Å²) in [5.74, 6) is 0.962. The van der Waals surface area contributed by atoms with Crippen molar-refractivity contribution in [3.05, 3.63) is 0 Å². The second-order valence-electron chi connectivity index (χ2n) is 6.45. The Bertz CT molecular complexity index is 343. The van der Waals surface area contributed by atoms with Gasteiger partial charge in [0.1, 0.15) is 6.54 Å². The lowest BCUT2D eigenvalue weighted by Gasteiger charge is -2.36. The number of amides is 1. The second-order valence-corrected chi connectivity index (χ2v) is 6.45. The highest BCUT2D eigenvalue weighted by atomic mass is 16.5. The predicted molar refractivity (Wildman–Crippen MR) is 80.5 cm³/mol. The van der Waals surface area contributed by atoms with Crippen LogP contribution < -0.4 is 5.32 Å². The summed E-state index contributed by atoms with van der Waals surface area (Å²) in [6.45, 7) is 6.60. The van der Waals surface area contributed by atoms with E-state index < -0.39 is 5.97 Å². The van der Waals surface area contributed by atoms with Crippen molar-refractivity contribution in [3.63, 3.8) is 0 Å². The van der Waals surface area contributed by atoms with Crippen molar-refractivity contribution in [2.75, 3.05) is 19.8 Å². The topological polar surface area (TPSA) is 75.6 Å². The molecule has 0 unspecified atom stereocenters. The minimum absolute atomic E-state index is 0.000934. The first-order chi connectivity index (χ1) is 9.95. The van der Waals surface area contributed by atoms with E-state index in [9.17, 15) is 9.59 Å². The van der Waals surface area contributed by atoms with E-state index in [2.05, 4.69) is 26.1 Å². The van der Waals surface area contributed by atoms with Crippen molar-refractivity contribution in [3.8, 4) is 0 Å². The average Bonchev–Trinajstić information content (AvgIpc) is 2.44. The molecular weight excluding hydrogens is 270 g/mol. The van der Waals surface area contributed by atoms with E-state index >= 15 is 0 Å². The van der Waals surface area contributed by atoms with E-state index in [1.165, 1.54) is 6.42 Å². The molecule has 1 aliphatic carbocycles. The number of carbonyl (C=O) groups is 2. The normalized spacial score (nSPS) is 25.7. The van der Waals surface area contributed by atoms with Crippen molar-refractivity contribution >= 4 is 11.9 Å². The van der Waals surface area contributed by atoms with Crippen LogP contribution in [0, 0.1) is 23.7 Å². The van der Waals surface area contributed by atoms with E-state index in [1.54, 1.807) is 0 Å². The number of aliphatic hydroxyl groups excluding tert-OH is 1. The molecule has 1 amide bonds. The molecule has 0 radical (unpaired) electrons. The van der Waals surface area contributed by atoms with Gasteiger partial charge in [-0.05, 0) is 30.6 Å². The zero-order chi connectivity index (χ0) is 15.8. The van der Waals surface area contributed by atoms with Gasteiger partial charge in [0.15, 0.2) is 0 Å². The lowest BCUT2D eigenvalue weighted by molar-refractivity contribution is -0.145. The number of ether oxygens (including phenoxy) is 1. The quantitative estimate of drug-likeness (QED) is 0.554. The van der Waals surface area contributed by atoms with Gasteiger partial charge in [-0.15, -0.1) is 0 Å². The van der Waals surface area contributed by atoms with Crippen LogP contribution in [0.3, 0.4) is 0 Å². The fraction of sp³-hybridized carbons (Fsp3) is 0.875. The minimum atomic E-state index is -0.443. The SMILES string of the molecule is CC(C)[C@@H]1CC[C@@H](C)C[C@H]1C(=O)NCC(=O)OCCCO. The van der Waals surface area contributed by atoms with E-state index in [4.69, 9.17) is 9.84 Å². The average molecular weight is 299 g/mol. The van der Waals surface area contributed by atoms with Gasteiger partial charge in [-0.1, -0.05) is 27.2 Å². The number of rotatable bonds is 7. The summed E-state index contributed by atoms with van der Waals surface area (Å²) < 4.78 is 4.90. The van der Waals surface area contributed by atoms with Gasteiger partial charge in [0.25, 0.3) is 0 Å².